The summed E-state index contributed by atoms with van der Waals surface area (Å²) in [6.07, 6.45) is 41.7. The Morgan fingerprint density at radius 3 is 1.47 bits per heavy atom. The van der Waals surface area contributed by atoms with Gasteiger partial charge >= 0.3 is 24.0 Å². The fourth-order valence-electron chi connectivity index (χ4n) is 17.7. The van der Waals surface area contributed by atoms with Crippen molar-refractivity contribution in [3.63, 3.8) is 0 Å². The zero-order valence-corrected chi connectivity index (χ0v) is 84.0. The van der Waals surface area contributed by atoms with Crippen LogP contribution in [0.25, 0.3) is 22.3 Å². The molecule has 0 bridgehead atoms. The van der Waals surface area contributed by atoms with E-state index in [1.807, 2.05) is 49.5 Å². The number of carbonyl (C=O) groups excluding carboxylic acids is 4. The van der Waals surface area contributed by atoms with Crippen LogP contribution in [0.3, 0.4) is 0 Å². The number of amides is 4. The van der Waals surface area contributed by atoms with E-state index in [1.54, 1.807) is 61.7 Å². The van der Waals surface area contributed by atoms with Gasteiger partial charge in [-0.1, -0.05) is 24.7 Å². The molecule has 0 spiro atoms. The quantitative estimate of drug-likeness (QED) is 0.0140. The van der Waals surface area contributed by atoms with Gasteiger partial charge in [0.2, 0.25) is 35.3 Å². The average molecular weight is 2060 g/mol. The molecule has 0 radical (unpaired) electrons. The van der Waals surface area contributed by atoms with Gasteiger partial charge in [-0.15, -0.1) is 12.8 Å². The van der Waals surface area contributed by atoms with Gasteiger partial charge in [0.1, 0.15) is 37.9 Å². The molecule has 0 aromatic carbocycles. The van der Waals surface area contributed by atoms with Gasteiger partial charge in [-0.25, -0.2) is 32.5 Å². The van der Waals surface area contributed by atoms with Gasteiger partial charge in [-0.3, -0.25) is 34.2 Å². The number of rotatable bonds is 37. The van der Waals surface area contributed by atoms with Gasteiger partial charge in [0.15, 0.2) is 28.7 Å². The topological polar surface area (TPSA) is 551 Å². The standard InChI is InChI=1S/C29H35F2N9O3.C25H32N8O3.C25H27N7O2.C24H28F2N8O3/c1-5-29(8-9-29)16-43-27-37-24(25(41)35-18(2)28(3,30)31)36-26(38-27)40-10-6-19(7-11-40)15-42-22-12-20(13-33-23(22)32)21-14-39(4)17-34-21;26-15-25(7-8-25)16-36-24-31-21(22(34)29-10-3-17-1-2-17)30-23(32-24)33-11-5-18(6-12-33)14-35-20-13-28-9-4-19(20)27;1-2-25(8-9-25)16-34-24-27-19(23(33)32-11-4-12-32)15-20(28-24)31-13-6-17(7-14-31)21-18-5-3-10-26-22(18)30-29-21;25-24(26)9-16(10-24)30-20(35)19-31-21(33-22(32-19)37-14-23(13-27)4-5-23)34-7-2-15(3-8-34)12-36-18-11-29-6-1-17(18)28/h1,12-14,17-19H,6-11,15-16H2,2-4H3,(H2,32,33)(H,35,41);4,9,13,17-18H,1-3,5-8,10-12,14,16H2,(H2,27,28)(H,29,34);1,3,5,10,15,17H,4,6-9,11-14,16H2,(H,26,29,30);1,6,11,15-16H,2-5,7-10,12,14H2,(H2,28,29)(H,30,35). The highest BCUT2D eigenvalue weighted by Crippen LogP contribution is 2.49. The van der Waals surface area contributed by atoms with E-state index in [9.17, 15) is 47.3 Å². The van der Waals surface area contributed by atoms with Crippen molar-refractivity contribution < 1.29 is 69.9 Å². The van der Waals surface area contributed by atoms with Gasteiger partial charge < -0.3 is 95.4 Å². The van der Waals surface area contributed by atoms with E-state index >= 15 is 0 Å². The maximum absolute atomic E-state index is 13.7. The fraction of sp³-hybridized carbons (Fsp3) is 0.544. The van der Waals surface area contributed by atoms with Crippen molar-refractivity contribution in [2.75, 3.05) is 155 Å². The minimum absolute atomic E-state index is 0.0464. The third-order valence-electron chi connectivity index (χ3n) is 29.2. The van der Waals surface area contributed by atoms with Crippen LogP contribution in [0.5, 0.6) is 41.3 Å². The molecule has 11 fully saturated rings. The summed E-state index contributed by atoms with van der Waals surface area (Å²) in [6, 6.07) is 13.7. The number of aromatic nitrogens is 19. The van der Waals surface area contributed by atoms with Crippen molar-refractivity contribution in [3.05, 3.63) is 115 Å². The van der Waals surface area contributed by atoms with E-state index in [1.165, 1.54) is 19.8 Å². The predicted molar refractivity (Wildman–Crippen MR) is 540 cm³/mol. The molecule has 4 amide bonds. The maximum Gasteiger partial charge on any atom is 0.322 e. The van der Waals surface area contributed by atoms with Crippen molar-refractivity contribution in [3.8, 4) is 89.4 Å². The Hall–Kier alpha value is -15.7. The van der Waals surface area contributed by atoms with Gasteiger partial charge in [0.05, 0.1) is 95.5 Å². The zero-order chi connectivity index (χ0) is 105. The summed E-state index contributed by atoms with van der Waals surface area (Å²) in [5.74, 6) is 2.85. The molecule has 11 aliphatic rings. The second-order valence-corrected chi connectivity index (χ2v) is 41.0. The number of anilines is 7. The highest BCUT2D eigenvalue weighted by atomic mass is 19.3. The molecule has 150 heavy (non-hydrogen) atoms. The Kier molecular flexibility index (Phi) is 31.7. The molecule has 6 saturated carbocycles. The molecule has 10 N–H and O–H groups in total. The molecule has 21 rings (SSSR count). The molecule has 15 heterocycles. The average Bonchev–Trinajstić information content (AvgIpc) is 0.895. The number of piperidine rings is 4. The summed E-state index contributed by atoms with van der Waals surface area (Å²) >= 11 is 0. The first kappa shape index (κ1) is 104. The summed E-state index contributed by atoms with van der Waals surface area (Å²) in [5, 5.41) is 35.1. The lowest BCUT2D eigenvalue weighted by Crippen LogP contribution is -2.50. The predicted octanol–water partition coefficient (Wildman–Crippen LogP) is 10.6. The van der Waals surface area contributed by atoms with Crippen molar-refractivity contribution in [1.29, 1.82) is 10.5 Å². The number of H-pyrrole nitrogens is 1. The number of aryl methyl sites for hydroxylation is 1. The number of terminal acetylenes is 2. The maximum atomic E-state index is 13.7. The number of fused-ring (bicyclic) bond motifs is 1. The second-order valence-electron chi connectivity index (χ2n) is 41.0. The number of aromatic amines is 1. The summed E-state index contributed by atoms with van der Waals surface area (Å²) in [7, 11) is 1.89. The van der Waals surface area contributed by atoms with Crippen LogP contribution in [0.1, 0.15) is 209 Å². The van der Waals surface area contributed by atoms with Crippen molar-refractivity contribution in [2.24, 2.45) is 52.4 Å². The Morgan fingerprint density at radius 1 is 0.547 bits per heavy atom. The summed E-state index contributed by atoms with van der Waals surface area (Å²) in [6.45, 7) is 11.9. The van der Waals surface area contributed by atoms with E-state index in [0.717, 1.165) is 188 Å². The highest BCUT2D eigenvalue weighted by Gasteiger charge is 2.49. The number of pyridine rings is 4. The number of nitrogens with two attached hydrogens (primary N) is 3. The Bertz CT molecular complexity index is 6650. The fourth-order valence-corrected chi connectivity index (χ4v) is 17.7. The molecule has 1 atom stereocenters. The van der Waals surface area contributed by atoms with Crippen LogP contribution in [-0.2, 0) is 7.05 Å². The molecule has 10 aromatic rings. The molecule has 43 nitrogen and oxygen atoms in total. The lowest BCUT2D eigenvalue weighted by Gasteiger charge is -2.35. The van der Waals surface area contributed by atoms with E-state index in [2.05, 4.69) is 141 Å². The Labute approximate surface area is 863 Å². The minimum atomic E-state index is -3.12. The third kappa shape index (κ3) is 27.1. The van der Waals surface area contributed by atoms with Gasteiger partial charge in [-0.05, 0) is 177 Å². The summed E-state index contributed by atoms with van der Waals surface area (Å²) in [4.78, 5) is 130. The summed E-state index contributed by atoms with van der Waals surface area (Å²) in [5.41, 5.74) is 21.3. The smallest absolute Gasteiger partial charge is 0.322 e. The first-order valence-electron chi connectivity index (χ1n) is 51.1. The molecule has 5 aliphatic heterocycles. The van der Waals surface area contributed by atoms with Crippen molar-refractivity contribution in [2.45, 2.75) is 185 Å². The number of nitrogens with one attached hydrogen (secondary N) is 4. The molecular formula is C103H122F4N32O11. The number of likely N-dealkylation sites (tertiary alicyclic amines) is 1. The van der Waals surface area contributed by atoms with Crippen LogP contribution in [-0.4, -0.2) is 265 Å². The van der Waals surface area contributed by atoms with Crippen LogP contribution < -0.4 is 85.9 Å². The first-order valence-corrected chi connectivity index (χ1v) is 51.1. The molecule has 47 heteroatoms. The van der Waals surface area contributed by atoms with Crippen molar-refractivity contribution >= 4 is 75.5 Å². The van der Waals surface area contributed by atoms with Crippen LogP contribution >= 0.6 is 0 Å². The largest absolute Gasteiger partial charge is 0.490 e. The van der Waals surface area contributed by atoms with Crippen LogP contribution in [0.15, 0.2) is 86.1 Å². The number of hydrogen-bond acceptors (Lipinski definition) is 37. The molecule has 10 aromatic heterocycles. The van der Waals surface area contributed by atoms with Crippen LogP contribution in [0.4, 0.5) is 58.4 Å². The number of nitrogens with zero attached hydrogens (tertiary/aromatic N) is 25. The van der Waals surface area contributed by atoms with E-state index in [0.29, 0.717) is 130 Å². The van der Waals surface area contributed by atoms with E-state index in [-0.39, 0.29) is 108 Å². The van der Waals surface area contributed by atoms with E-state index in [4.69, 9.17) is 63.2 Å². The number of nitrogen functional groups attached to an aromatic ring is 3. The zero-order valence-electron chi connectivity index (χ0n) is 84.0. The van der Waals surface area contributed by atoms with Gasteiger partial charge in [-0.2, -0.15) is 70.4 Å². The SMILES string of the molecule is C#CC1(COc2nc(C(=O)N3CCC3)cc(N3CCC(c4[nH]nc5ncccc45)CC3)n2)CC1.C#CC1(COc2nc(C(=O)NC(C)C(C)(F)F)nc(N3CCC(COc4cc(-c5cn(C)cn5)cnc4N)CC3)n2)CC1.N#CC1(COc2nc(C(=O)NC3CC(F)(F)C3)nc(N3CCC(COc4cnccc4N)CC3)n2)CC1.N#CC1(COc2nc(C(=O)NCCC3CC3)nc(N3CCC(COc4cnccc4N)CC3)n2)CC1. The number of halogens is 4. The van der Waals surface area contributed by atoms with Gasteiger partial charge in [0.25, 0.3) is 35.5 Å². The molecule has 5 saturated heterocycles. The molecular weight excluding hydrogens is 1940 g/mol. The molecule has 788 valence electrons. The lowest BCUT2D eigenvalue weighted by molar-refractivity contribution is -0.0902. The first-order chi connectivity index (χ1) is 72.4. The second kappa shape index (κ2) is 45.6. The Balaban J connectivity index is 0.000000131. The van der Waals surface area contributed by atoms with E-state index < -0.39 is 59.4 Å². The number of hydrogen-bond donors (Lipinski definition) is 7. The normalized spacial score (nSPS) is 18.9. The highest BCUT2D eigenvalue weighted by molar-refractivity contribution is 5.94. The number of carbonyl (C=O) groups is 4. The monoisotopic (exact) mass is 2060 g/mol. The third-order valence-corrected chi connectivity index (χ3v) is 29.2. The lowest BCUT2D eigenvalue weighted by atomic mass is 9.88. The molecule has 6 aliphatic carbocycles. The van der Waals surface area contributed by atoms with Crippen molar-refractivity contribution in [1.82, 2.24) is 115 Å². The Morgan fingerprint density at radius 2 is 1.03 bits per heavy atom. The minimum Gasteiger partial charge on any atom is -0.490 e. The number of nitriles is 2. The molecule has 1 unspecified atom stereocenters. The number of alkyl halides is 4. The van der Waals surface area contributed by atoms with Crippen LogP contribution in [0.2, 0.25) is 0 Å². The number of ether oxygens (including phenoxy) is 7. The summed E-state index contributed by atoms with van der Waals surface area (Å²) < 4.78 is 96.7. The number of imidazole rings is 1. The van der Waals surface area contributed by atoms with Gasteiger partial charge in [0, 0.05) is 164 Å². The van der Waals surface area contributed by atoms with Crippen LogP contribution in [0, 0.1) is 92.7 Å².